The average molecular weight is 287 g/mol. The van der Waals surface area contributed by atoms with Crippen molar-refractivity contribution in [2.45, 2.75) is 26.2 Å². The Morgan fingerprint density at radius 1 is 1.43 bits per heavy atom. The number of carboxylic acids is 1. The van der Waals surface area contributed by atoms with Gasteiger partial charge in [-0.05, 0) is 56.0 Å². The molecule has 1 aromatic heterocycles. The number of aryl methyl sites for hydroxylation is 1. The second kappa shape index (κ2) is 5.85. The first-order valence-electron chi connectivity index (χ1n) is 7.49. The summed E-state index contributed by atoms with van der Waals surface area (Å²) in [6.45, 7) is 3.84. The molecule has 21 heavy (non-hydrogen) atoms. The number of fused-ring (bicyclic) bond motifs is 1. The van der Waals surface area contributed by atoms with Crippen molar-refractivity contribution in [1.29, 1.82) is 0 Å². The van der Waals surface area contributed by atoms with Gasteiger partial charge in [0.25, 0.3) is 0 Å². The minimum atomic E-state index is -0.702. The molecule has 1 aliphatic rings. The predicted molar refractivity (Wildman–Crippen MR) is 81.3 cm³/mol. The first kappa shape index (κ1) is 14.1. The molecule has 3 N–H and O–H groups in total. The van der Waals surface area contributed by atoms with Gasteiger partial charge in [0, 0.05) is 12.8 Å². The van der Waals surface area contributed by atoms with Gasteiger partial charge in [0.2, 0.25) is 0 Å². The summed E-state index contributed by atoms with van der Waals surface area (Å²) in [5.41, 5.74) is 3.25. The third-order valence-corrected chi connectivity index (χ3v) is 4.34. The highest BCUT2D eigenvalue weighted by molar-refractivity contribution is 5.75. The lowest BCUT2D eigenvalue weighted by Gasteiger charge is -2.30. The zero-order chi connectivity index (χ0) is 14.8. The molecule has 2 aromatic rings. The normalized spacial score (nSPS) is 22.5. The van der Waals surface area contributed by atoms with Gasteiger partial charge in [-0.25, -0.2) is 4.98 Å². The summed E-state index contributed by atoms with van der Waals surface area (Å²) in [7, 11) is 0. The van der Waals surface area contributed by atoms with Gasteiger partial charge in [-0.3, -0.25) is 4.79 Å². The number of carboxylic acid groups (broad SMARTS) is 1. The fourth-order valence-electron chi connectivity index (χ4n) is 3.23. The number of aromatic nitrogens is 2. The molecule has 0 bridgehead atoms. The summed E-state index contributed by atoms with van der Waals surface area (Å²) in [4.78, 5) is 19.0. The van der Waals surface area contributed by atoms with E-state index in [1.165, 1.54) is 5.56 Å². The van der Waals surface area contributed by atoms with Crippen LogP contribution >= 0.6 is 0 Å². The number of nitrogens with zero attached hydrogens (tertiary/aromatic N) is 1. The molecular formula is C16H21N3O2. The van der Waals surface area contributed by atoms with Crippen LogP contribution in [0, 0.1) is 18.8 Å². The highest BCUT2D eigenvalue weighted by atomic mass is 16.4. The van der Waals surface area contributed by atoms with E-state index in [0.29, 0.717) is 5.92 Å². The Morgan fingerprint density at radius 3 is 3.10 bits per heavy atom. The molecule has 3 rings (SSSR count). The Labute approximate surface area is 123 Å². The predicted octanol–water partition coefficient (Wildman–Crippen LogP) is 2.11. The molecule has 0 radical (unpaired) electrons. The number of H-pyrrole nitrogens is 1. The molecule has 5 nitrogen and oxygen atoms in total. The van der Waals surface area contributed by atoms with Crippen LogP contribution < -0.4 is 5.32 Å². The average Bonchev–Trinajstić information content (AvgIpc) is 2.82. The number of hydrogen-bond acceptors (Lipinski definition) is 3. The van der Waals surface area contributed by atoms with E-state index in [1.54, 1.807) is 0 Å². The van der Waals surface area contributed by atoms with Crippen molar-refractivity contribution in [3.63, 3.8) is 0 Å². The van der Waals surface area contributed by atoms with Gasteiger partial charge in [-0.2, -0.15) is 0 Å². The summed E-state index contributed by atoms with van der Waals surface area (Å²) in [5.74, 6) is 0.821. The van der Waals surface area contributed by atoms with Crippen LogP contribution in [0.4, 0.5) is 0 Å². The molecule has 0 spiro atoms. The van der Waals surface area contributed by atoms with E-state index in [2.05, 4.69) is 34.3 Å². The summed E-state index contributed by atoms with van der Waals surface area (Å²) < 4.78 is 0. The van der Waals surface area contributed by atoms with Crippen LogP contribution in [0.3, 0.4) is 0 Å². The second-order valence-corrected chi connectivity index (χ2v) is 6.02. The zero-order valence-corrected chi connectivity index (χ0v) is 12.2. The van der Waals surface area contributed by atoms with E-state index < -0.39 is 5.97 Å². The van der Waals surface area contributed by atoms with Crippen molar-refractivity contribution in [3.8, 4) is 0 Å². The van der Waals surface area contributed by atoms with Crippen LogP contribution in [-0.2, 0) is 11.2 Å². The summed E-state index contributed by atoms with van der Waals surface area (Å²) in [6.07, 6.45) is 1.99. The molecule has 2 heterocycles. The summed E-state index contributed by atoms with van der Waals surface area (Å²) >= 11 is 0. The Kier molecular flexibility index (Phi) is 3.92. The van der Waals surface area contributed by atoms with E-state index >= 15 is 0 Å². The lowest BCUT2D eigenvalue weighted by Crippen LogP contribution is -2.38. The molecule has 5 heteroatoms. The Morgan fingerprint density at radius 2 is 2.29 bits per heavy atom. The number of aromatic amines is 1. The van der Waals surface area contributed by atoms with E-state index in [0.717, 1.165) is 42.8 Å². The molecule has 1 fully saturated rings. The van der Waals surface area contributed by atoms with E-state index in [-0.39, 0.29) is 12.3 Å². The molecule has 1 saturated heterocycles. The Balaban J connectivity index is 1.77. The maximum Gasteiger partial charge on any atom is 0.303 e. The molecular weight excluding hydrogens is 266 g/mol. The van der Waals surface area contributed by atoms with Gasteiger partial charge in [0.05, 0.1) is 11.0 Å². The van der Waals surface area contributed by atoms with Crippen LogP contribution in [0.2, 0.25) is 0 Å². The number of imidazole rings is 1. The van der Waals surface area contributed by atoms with E-state index in [9.17, 15) is 4.79 Å². The van der Waals surface area contributed by atoms with Gasteiger partial charge in [0.1, 0.15) is 5.82 Å². The van der Waals surface area contributed by atoms with Gasteiger partial charge < -0.3 is 15.4 Å². The summed E-state index contributed by atoms with van der Waals surface area (Å²) in [5, 5.41) is 12.4. The van der Waals surface area contributed by atoms with Gasteiger partial charge in [0.15, 0.2) is 0 Å². The highest BCUT2D eigenvalue weighted by Crippen LogP contribution is 2.26. The largest absolute Gasteiger partial charge is 0.481 e. The third kappa shape index (κ3) is 3.24. The van der Waals surface area contributed by atoms with Crippen molar-refractivity contribution in [3.05, 3.63) is 29.6 Å². The maximum absolute atomic E-state index is 11.0. The molecule has 2 atom stereocenters. The Bertz CT molecular complexity index is 650. The molecule has 0 aliphatic carbocycles. The highest BCUT2D eigenvalue weighted by Gasteiger charge is 2.27. The first-order chi connectivity index (χ1) is 10.1. The molecule has 112 valence electrons. The quantitative estimate of drug-likeness (QED) is 0.805. The number of rotatable bonds is 4. The fourth-order valence-corrected chi connectivity index (χ4v) is 3.23. The van der Waals surface area contributed by atoms with Gasteiger partial charge >= 0.3 is 5.97 Å². The minimum Gasteiger partial charge on any atom is -0.481 e. The van der Waals surface area contributed by atoms with Gasteiger partial charge in [-0.15, -0.1) is 0 Å². The van der Waals surface area contributed by atoms with E-state index in [1.807, 2.05) is 6.07 Å². The van der Waals surface area contributed by atoms with E-state index in [4.69, 9.17) is 5.11 Å². The van der Waals surface area contributed by atoms with Crippen LogP contribution in [0.25, 0.3) is 11.0 Å². The van der Waals surface area contributed by atoms with Crippen LogP contribution in [0.5, 0.6) is 0 Å². The SMILES string of the molecule is Cc1ccc2nc(CC3CNCCC3CC(=O)O)[nH]c2c1. The standard InChI is InChI=1S/C16H21N3O2/c1-10-2-3-13-14(6-10)19-15(18-13)7-12-9-17-5-4-11(12)8-16(20)21/h2-3,6,11-12,17H,4-5,7-9H2,1H3,(H,18,19)(H,20,21). The van der Waals surface area contributed by atoms with Gasteiger partial charge in [-0.1, -0.05) is 6.07 Å². The number of hydrogen-bond donors (Lipinski definition) is 3. The number of benzene rings is 1. The van der Waals surface area contributed by atoms with Crippen LogP contribution in [0.1, 0.15) is 24.2 Å². The minimum absolute atomic E-state index is 0.235. The molecule has 1 aliphatic heterocycles. The molecule has 0 saturated carbocycles. The smallest absolute Gasteiger partial charge is 0.303 e. The molecule has 0 amide bonds. The van der Waals surface area contributed by atoms with Crippen LogP contribution in [-0.4, -0.2) is 34.1 Å². The van der Waals surface area contributed by atoms with Crippen LogP contribution in [0.15, 0.2) is 18.2 Å². The molecule has 1 aromatic carbocycles. The first-order valence-corrected chi connectivity index (χ1v) is 7.49. The number of aliphatic carboxylic acids is 1. The topological polar surface area (TPSA) is 78.0 Å². The third-order valence-electron chi connectivity index (χ3n) is 4.34. The lowest BCUT2D eigenvalue weighted by atomic mass is 9.82. The number of carbonyl (C=O) groups is 1. The van der Waals surface area contributed by atoms with Crippen molar-refractivity contribution in [1.82, 2.24) is 15.3 Å². The van der Waals surface area contributed by atoms with Crippen molar-refractivity contribution in [2.75, 3.05) is 13.1 Å². The summed E-state index contributed by atoms with van der Waals surface area (Å²) in [6, 6.07) is 6.18. The second-order valence-electron chi connectivity index (χ2n) is 6.02. The monoisotopic (exact) mass is 287 g/mol. The fraction of sp³-hybridized carbons (Fsp3) is 0.500. The van der Waals surface area contributed by atoms with Crippen molar-refractivity contribution in [2.24, 2.45) is 11.8 Å². The van der Waals surface area contributed by atoms with Crippen molar-refractivity contribution < 1.29 is 9.90 Å². The Hall–Kier alpha value is -1.88. The molecule has 2 unspecified atom stereocenters. The number of piperidine rings is 1. The van der Waals surface area contributed by atoms with Crippen molar-refractivity contribution >= 4 is 17.0 Å². The maximum atomic E-state index is 11.0. The lowest BCUT2D eigenvalue weighted by molar-refractivity contribution is -0.138. The number of nitrogens with one attached hydrogen (secondary N) is 2. The zero-order valence-electron chi connectivity index (χ0n) is 12.2.